The van der Waals surface area contributed by atoms with Crippen LogP contribution in [0.3, 0.4) is 0 Å². The maximum Gasteiger partial charge on any atom is 0.427 e. The second-order valence-electron chi connectivity index (χ2n) is 31.0. The lowest BCUT2D eigenvalue weighted by Gasteiger charge is -2.69. The number of aliphatic hydroxyl groups is 2. The van der Waals surface area contributed by atoms with Crippen LogP contribution in [0.2, 0.25) is 0 Å². The number of halogens is 4. The molecule has 13 nitrogen and oxygen atoms in total. The van der Waals surface area contributed by atoms with Crippen LogP contribution < -0.4 is 10.6 Å². The maximum atomic E-state index is 14.5. The van der Waals surface area contributed by atoms with E-state index in [0.29, 0.717) is 90.9 Å². The molecule has 0 unspecified atom stereocenters. The van der Waals surface area contributed by atoms with Crippen LogP contribution in [-0.4, -0.2) is 91.1 Å². The Morgan fingerprint density at radius 3 is 1.49 bits per heavy atom. The molecule has 2 amide bonds. The highest BCUT2D eigenvalue weighted by atomic mass is 19.3. The zero-order valence-electron chi connectivity index (χ0n) is 126. The minimum Gasteiger partial charge on any atom is -0.383 e. The summed E-state index contributed by atoms with van der Waals surface area (Å²) in [5.74, 6) is -13.6. The summed E-state index contributed by atoms with van der Waals surface area (Å²) in [7, 11) is 0. The fraction of sp³-hybridized carbons (Fsp3) is 0.781. The largest absolute Gasteiger partial charge is 0.427 e. The van der Waals surface area contributed by atoms with Crippen molar-refractivity contribution < 1.29 is 177 Å². The van der Waals surface area contributed by atoms with Gasteiger partial charge in [-0.1, -0.05) is 86.5 Å². The van der Waals surface area contributed by atoms with Crippen molar-refractivity contribution in [3.05, 3.63) is 57.9 Å². The van der Waals surface area contributed by atoms with Crippen LogP contribution in [-0.2, 0) is 33.5 Å². The second kappa shape index (κ2) is 17.3. The molecular formula is C64H164F4N4O9. The fourth-order valence-electron chi connectivity index (χ4n) is 20.5. The predicted molar refractivity (Wildman–Crippen MR) is 376 cm³/mol. The summed E-state index contributed by atoms with van der Waals surface area (Å²) in [6.45, 7) is 40.6. The number of alkyl halides is 4. The Labute approximate surface area is 594 Å². The summed E-state index contributed by atoms with van der Waals surface area (Å²) in [6, 6.07) is 0. The van der Waals surface area contributed by atoms with E-state index in [1.165, 1.54) is 13.8 Å². The highest BCUT2D eigenvalue weighted by molar-refractivity contribution is 6.05. The van der Waals surface area contributed by atoms with Gasteiger partial charge in [0.05, 0.1) is 6.57 Å². The molecule has 17 heteroatoms. The van der Waals surface area contributed by atoms with Gasteiger partial charge in [-0.3, -0.25) is 33.6 Å². The van der Waals surface area contributed by atoms with Crippen molar-refractivity contribution in [1.29, 1.82) is 0 Å². The van der Waals surface area contributed by atoms with Crippen LogP contribution in [0.15, 0.2) is 35.1 Å². The minimum absolute atomic E-state index is 0. The van der Waals surface area contributed by atoms with E-state index in [2.05, 4.69) is 75.7 Å². The number of rotatable bonds is 4. The Morgan fingerprint density at radius 2 is 1.06 bits per heavy atom. The smallest absolute Gasteiger partial charge is 0.383 e. The molecule has 1 aliphatic heterocycles. The molecule has 7 saturated carbocycles. The summed E-state index contributed by atoms with van der Waals surface area (Å²) in [6.07, 6.45) is 12.6. The molecule has 522 valence electrons. The molecule has 11 rings (SSSR count). The molecule has 0 spiro atoms. The molecule has 0 aromatic carbocycles. The monoisotopic (exact) mass is 1370 g/mol. The van der Waals surface area contributed by atoms with Gasteiger partial charge in [0.15, 0.2) is 23.5 Å². The quantitative estimate of drug-likeness (QED) is 0.121. The van der Waals surface area contributed by atoms with Crippen LogP contribution in [0.5, 0.6) is 0 Å². The number of nitrogens with zero attached hydrogens (tertiary/aromatic N) is 2. The summed E-state index contributed by atoms with van der Waals surface area (Å²) in [5, 5.41) is 28.5. The van der Waals surface area contributed by atoms with Crippen molar-refractivity contribution in [2.75, 3.05) is 0 Å². The molecule has 0 bridgehead atoms. The van der Waals surface area contributed by atoms with E-state index in [1.54, 1.807) is 18.2 Å². The first-order valence-electron chi connectivity index (χ1n) is 67.5. The number of ether oxygens (including phenoxy) is 1. The van der Waals surface area contributed by atoms with Crippen LogP contribution >= 0.6 is 0 Å². The molecule has 1 saturated heterocycles. The van der Waals surface area contributed by atoms with Gasteiger partial charge in [-0.15, -0.1) is 0 Å². The molecule has 81 heavy (non-hydrogen) atoms. The summed E-state index contributed by atoms with van der Waals surface area (Å²) >= 11 is 0. The number of epoxide rings is 1. The number of allylic oxidation sites excluding steroid dienone is 4. The van der Waals surface area contributed by atoms with Gasteiger partial charge in [-0.2, -0.15) is 17.6 Å². The van der Waals surface area contributed by atoms with Crippen molar-refractivity contribution >= 4 is 34.9 Å². The first kappa shape index (κ1) is 28.5. The Bertz CT molecular complexity index is 3210. The van der Waals surface area contributed by atoms with Crippen molar-refractivity contribution in [3.63, 3.8) is 0 Å². The molecule has 10 aliphatic carbocycles. The maximum absolute atomic E-state index is 14.5. The molecule has 8 fully saturated rings. The Kier molecular flexibility index (Phi) is 6.09. The van der Waals surface area contributed by atoms with Crippen molar-refractivity contribution in [1.82, 2.24) is 10.6 Å². The number of carbonyl (C=O) groups excluding carboxylic acids is 6. The van der Waals surface area contributed by atoms with Crippen LogP contribution in [0.1, 0.15) is 303 Å². The lowest BCUT2D eigenvalue weighted by Crippen LogP contribution is -2.72. The molecule has 1 heterocycles. The topological polar surface area (TPSA) is 188 Å². The van der Waals surface area contributed by atoms with Gasteiger partial charge in [-0.05, 0) is 160 Å². The Morgan fingerprint density at radius 1 is 0.642 bits per heavy atom. The van der Waals surface area contributed by atoms with Gasteiger partial charge in [0, 0.05) is 175 Å². The number of hydrogen-bond donors (Lipinski definition) is 4. The van der Waals surface area contributed by atoms with Crippen LogP contribution in [0, 0.1) is 92.0 Å². The lowest BCUT2D eigenvalue weighted by atomic mass is 9.35. The van der Waals surface area contributed by atoms with Crippen molar-refractivity contribution in [2.24, 2.45) is 78.8 Å². The fourth-order valence-corrected chi connectivity index (χ4v) is 20.5. The molecule has 18 atom stereocenters. The third-order valence-electron chi connectivity index (χ3n) is 25.4. The van der Waals surface area contributed by atoms with Gasteiger partial charge in [0.25, 0.3) is 17.6 Å². The Hall–Kier alpha value is -4.58. The third-order valence-corrected chi connectivity index (χ3v) is 25.4. The minimum atomic E-state index is -3.52. The molecular weight excluding hydrogens is 1040 g/mol. The number of carbonyl (C=O) groups is 6. The molecule has 11 aliphatic rings. The predicted octanol–water partition coefficient (Wildman–Crippen LogP) is 20.7. The molecule has 0 aromatic heterocycles. The van der Waals surface area contributed by atoms with E-state index >= 15 is 0 Å². The van der Waals surface area contributed by atoms with E-state index in [1.807, 2.05) is 13.8 Å². The van der Waals surface area contributed by atoms with E-state index in [0.717, 1.165) is 24.0 Å². The van der Waals surface area contributed by atoms with E-state index < -0.39 is 125 Å². The summed E-state index contributed by atoms with van der Waals surface area (Å²) < 4.78 is 443. The van der Waals surface area contributed by atoms with Gasteiger partial charge in [0.1, 0.15) is 11.2 Å². The standard InChI is InChI=1S/C32H42F2N2O5.C32H42F2N2O4.40H2/c1-25(2)11-13-31(36-24(39)30(7,33)34)14-12-27(4)21(17(31)16-25)18(37)15-20-26(27,3)10-9-19-28(20,5)23-32(35-8,41-23)22(38)29(19,6)40;1-26(2)11-13-32(36-25(39)31(7,33)34)14-12-29(5)23(18(32)16-26)20(37)15-22-27(3)17-19(35-8)24(38)30(6,40)21(27)9-10-28(22,29)4;;;;;;;;;;;;;;;;;;;;;;;;;;;;;;;;;;;;;;;;/h15,17,19,21,23,40H,9-14,16H2,1-7H3,(H,36,39);15,17-18,21,23,40H,9-14,16H2,1-7H3,(H,36,39);40*1H/t17-,19+,21-,23+,26+,27+,28-,29-,31-,32-;18-,21+,23-,27-,28+,29+,30-,32-;;;;;;;;;;;;;;;;;;;;;;;;;;;;;;;;;;;;;;;;/m00......................................../s1/i;;38*1+2T;2*1+2. The first-order chi connectivity index (χ1) is 74.8. The zero-order valence-corrected chi connectivity index (χ0v) is 49.8. The summed E-state index contributed by atoms with van der Waals surface area (Å²) in [5.41, 5.74) is -9.58. The average Bonchev–Trinajstić information content (AvgIpc) is 1.49. The number of hydrogen-bond acceptors (Lipinski definition) is 9. The number of ketones is 4. The highest BCUT2D eigenvalue weighted by Gasteiger charge is 2.88. The van der Waals surface area contributed by atoms with Crippen LogP contribution in [0.25, 0.3) is 9.69 Å². The van der Waals surface area contributed by atoms with E-state index in [-0.39, 0.29) is 42.8 Å². The lowest BCUT2D eigenvalue weighted by molar-refractivity contribution is -0.178. The van der Waals surface area contributed by atoms with Crippen molar-refractivity contribution in [3.8, 4) is 0 Å². The molecule has 0 radical (unpaired) electrons. The van der Waals surface area contributed by atoms with E-state index in [4.69, 9.17) is 131 Å². The number of fused-ring (bicyclic) bond motifs is 16. The van der Waals surface area contributed by atoms with Crippen LogP contribution in [0.4, 0.5) is 17.6 Å². The number of nitrogens with one attached hydrogen (secondary N) is 2. The van der Waals surface area contributed by atoms with Gasteiger partial charge < -0.3 is 25.6 Å². The van der Waals surface area contributed by atoms with Gasteiger partial charge >= 0.3 is 17.6 Å². The second-order valence-corrected chi connectivity index (χ2v) is 31.0. The van der Waals surface area contributed by atoms with Crippen molar-refractivity contribution in [2.45, 2.75) is 233 Å². The first-order valence-corrected chi connectivity index (χ1v) is 29.5. The molecule has 0 aromatic rings. The highest BCUT2D eigenvalue weighted by Crippen LogP contribution is 2.77. The molecule has 4 N–H and O–H groups in total. The van der Waals surface area contributed by atoms with Gasteiger partial charge in [-0.25, -0.2) is 11.4 Å². The average molecular weight is 1370 g/mol. The normalized spacial score (nSPS) is 52.5. The van der Waals surface area contributed by atoms with Gasteiger partial charge in [0.2, 0.25) is 5.70 Å². The summed E-state index contributed by atoms with van der Waals surface area (Å²) in [4.78, 5) is 87.5. The number of amides is 2. The van der Waals surface area contributed by atoms with E-state index in [9.17, 15) is 56.5 Å². The SMILES string of the molecule is [3HH].[3HH].[3H][3H].[3H][3H].[3H][3H].[3H][3H].[3H][3H].[3H][3H].[3H][3H].[3H][3H].[3H][3H].[3H][3H].[3H][3H].[3H][3H].[3H][3H].[3H][3H].[3H][3H].[3H][3H].[3H][3H].[3H][3H].[3H][3H].[3H][3H].[3H][3H].[3H][3H].[3H][3H].[3H][3H].[3H][3H].[3H][3H].[3H][3H].[3H][3H].[3H][3H].[3H][3H].[3H][3H].[3H][3H].[3H][3H].[3H][3H].[3H][3H].[3H][3H].[3H][3H].[3H][3H].[C-]#[N+]C1=C[C@]2(C)C3=CC(=O)[C@@H]4[C@@H]5CC(C)(C)CC[C@]5(NC(=O)C(C)(F)F)CC[C@@]4(C)[C@]3(C)CC[C@H]2[C@](C)(O)C1=O.[C-]#[N+][C@@]12O[C@@H]1[C@]1(C)C3=CC(=O)[C@@H]4[C@@H]5CC(C)(C)CC[C@]5(NC(=O)C(C)(F)F)CC[C@@]4(C)[C@]3(C)CC[C@H]1[C@](C)(O)C2=O. The Balaban J connectivity index is -0.0000000442. The number of Topliss-reactive ketones (excluding diaryl/α,β-unsaturated/α-hetero) is 2. The zero-order chi connectivity index (χ0) is 136. The third kappa shape index (κ3) is 7.79.